The normalized spacial score (nSPS) is 12.4. The van der Waals surface area contributed by atoms with Gasteiger partial charge in [-0.2, -0.15) is 0 Å². The molecule has 3 aromatic rings. The molecule has 23 heavy (non-hydrogen) atoms. The van der Waals surface area contributed by atoms with Crippen LogP contribution >= 0.6 is 11.3 Å². The van der Waals surface area contributed by atoms with Gasteiger partial charge in [0.2, 0.25) is 5.78 Å². The zero-order valence-electron chi connectivity index (χ0n) is 12.3. The van der Waals surface area contributed by atoms with E-state index in [0.717, 1.165) is 15.9 Å². The van der Waals surface area contributed by atoms with E-state index in [1.54, 1.807) is 29.6 Å². The molecule has 0 aliphatic carbocycles. The number of carboxylic acid groups (broad SMARTS) is 1. The molecular weight excluding hydrogens is 316 g/mol. The number of benzene rings is 1. The summed E-state index contributed by atoms with van der Waals surface area (Å²) in [6, 6.07) is 6.82. The van der Waals surface area contributed by atoms with Crippen molar-refractivity contribution in [3.8, 4) is 0 Å². The first-order valence-corrected chi connectivity index (χ1v) is 7.92. The van der Waals surface area contributed by atoms with Gasteiger partial charge in [0.25, 0.3) is 0 Å². The van der Waals surface area contributed by atoms with Crippen molar-refractivity contribution < 1.29 is 19.8 Å². The molecule has 2 N–H and O–H groups in total. The number of para-hydroxylation sites is 1. The highest BCUT2D eigenvalue weighted by Crippen LogP contribution is 2.26. The topological polar surface area (TPSA) is 92.4 Å². The van der Waals surface area contributed by atoms with Crippen LogP contribution in [0.3, 0.4) is 0 Å². The number of hydrogen-bond donors (Lipinski definition) is 2. The molecule has 0 amide bonds. The fraction of sp³-hybridized carbons (Fsp3) is 0.188. The average molecular weight is 330 g/mol. The largest absolute Gasteiger partial charge is 0.464 e. The first kappa shape index (κ1) is 15.4. The van der Waals surface area contributed by atoms with Gasteiger partial charge in [0, 0.05) is 17.0 Å². The molecule has 6 nitrogen and oxygen atoms in total. The predicted molar refractivity (Wildman–Crippen MR) is 86.2 cm³/mol. The SMILES string of the molecule is CCC(O)c1csc(C(=O)c2cn(C(=O)O)c3ccccc23)n1. The molecule has 1 aromatic carbocycles. The summed E-state index contributed by atoms with van der Waals surface area (Å²) >= 11 is 1.15. The van der Waals surface area contributed by atoms with Crippen molar-refractivity contribution in [3.63, 3.8) is 0 Å². The second kappa shape index (κ2) is 5.94. The van der Waals surface area contributed by atoms with Crippen LogP contribution in [0.1, 0.15) is 40.5 Å². The Morgan fingerprint density at radius 2 is 2.09 bits per heavy atom. The van der Waals surface area contributed by atoms with Crippen LogP contribution in [0.25, 0.3) is 10.9 Å². The van der Waals surface area contributed by atoms with Gasteiger partial charge in [0.1, 0.15) is 0 Å². The van der Waals surface area contributed by atoms with Gasteiger partial charge < -0.3 is 10.2 Å². The number of aromatic nitrogens is 2. The molecule has 2 aromatic heterocycles. The lowest BCUT2D eigenvalue weighted by atomic mass is 10.1. The monoisotopic (exact) mass is 330 g/mol. The molecular formula is C16H14N2O4S. The number of aliphatic hydroxyl groups excluding tert-OH is 1. The van der Waals surface area contributed by atoms with Gasteiger partial charge in [0.05, 0.1) is 22.9 Å². The Hall–Kier alpha value is -2.51. The molecule has 7 heteroatoms. The molecule has 118 valence electrons. The van der Waals surface area contributed by atoms with Crippen molar-refractivity contribution in [1.29, 1.82) is 0 Å². The Morgan fingerprint density at radius 3 is 2.78 bits per heavy atom. The minimum Gasteiger partial charge on any atom is -0.464 e. The Bertz CT molecular complexity index is 897. The molecule has 0 saturated carbocycles. The Balaban J connectivity index is 2.08. The van der Waals surface area contributed by atoms with Gasteiger partial charge in [-0.15, -0.1) is 11.3 Å². The first-order chi connectivity index (χ1) is 11.0. The second-order valence-electron chi connectivity index (χ2n) is 5.04. The zero-order chi connectivity index (χ0) is 16.6. The molecule has 0 aliphatic rings. The molecule has 0 aliphatic heterocycles. The summed E-state index contributed by atoms with van der Waals surface area (Å²) < 4.78 is 1.03. The van der Waals surface area contributed by atoms with E-state index in [2.05, 4.69) is 4.98 Å². The summed E-state index contributed by atoms with van der Waals surface area (Å²) in [7, 11) is 0. The van der Waals surface area contributed by atoms with Crippen LogP contribution in [-0.2, 0) is 0 Å². The molecule has 0 fully saturated rings. The van der Waals surface area contributed by atoms with E-state index in [0.29, 0.717) is 23.0 Å². The molecule has 0 saturated heterocycles. The Labute approximate surface area is 135 Å². The van der Waals surface area contributed by atoms with Crippen molar-refractivity contribution in [3.05, 3.63) is 52.1 Å². The fourth-order valence-electron chi connectivity index (χ4n) is 2.39. The van der Waals surface area contributed by atoms with E-state index in [4.69, 9.17) is 0 Å². The highest BCUT2D eigenvalue weighted by Gasteiger charge is 2.22. The predicted octanol–water partition coefficient (Wildman–Crippen LogP) is 3.30. The third-order valence-electron chi connectivity index (χ3n) is 3.61. The van der Waals surface area contributed by atoms with Gasteiger partial charge in [-0.1, -0.05) is 25.1 Å². The number of ketones is 1. The van der Waals surface area contributed by atoms with Crippen LogP contribution in [-0.4, -0.2) is 31.6 Å². The Kier molecular flexibility index (Phi) is 3.97. The molecule has 0 spiro atoms. The molecule has 3 rings (SSSR count). The minimum atomic E-state index is -1.15. The molecule has 0 bridgehead atoms. The smallest absolute Gasteiger partial charge is 0.416 e. The number of thiazole rings is 1. The number of nitrogens with zero attached hydrogens (tertiary/aromatic N) is 2. The maximum Gasteiger partial charge on any atom is 0.416 e. The number of hydrogen-bond acceptors (Lipinski definition) is 5. The Morgan fingerprint density at radius 1 is 1.35 bits per heavy atom. The van der Waals surface area contributed by atoms with Crippen LogP contribution in [0.5, 0.6) is 0 Å². The molecule has 0 radical (unpaired) electrons. The van der Waals surface area contributed by atoms with E-state index >= 15 is 0 Å². The van der Waals surface area contributed by atoms with Gasteiger partial charge in [-0.05, 0) is 12.5 Å². The van der Waals surface area contributed by atoms with Crippen LogP contribution in [0.4, 0.5) is 4.79 Å². The number of carbonyl (C=O) groups is 2. The van der Waals surface area contributed by atoms with E-state index in [1.165, 1.54) is 6.20 Å². The van der Waals surface area contributed by atoms with Crippen molar-refractivity contribution >= 4 is 34.1 Å². The molecule has 1 unspecified atom stereocenters. The fourth-order valence-corrected chi connectivity index (χ4v) is 3.20. The summed E-state index contributed by atoms with van der Waals surface area (Å²) in [5, 5.41) is 21.5. The van der Waals surface area contributed by atoms with E-state index in [9.17, 15) is 19.8 Å². The highest BCUT2D eigenvalue weighted by molar-refractivity contribution is 7.12. The van der Waals surface area contributed by atoms with E-state index < -0.39 is 12.2 Å². The van der Waals surface area contributed by atoms with E-state index in [1.807, 2.05) is 6.92 Å². The van der Waals surface area contributed by atoms with Crippen molar-refractivity contribution in [2.45, 2.75) is 19.4 Å². The van der Waals surface area contributed by atoms with Crippen molar-refractivity contribution in [2.24, 2.45) is 0 Å². The lowest BCUT2D eigenvalue weighted by Gasteiger charge is -2.01. The summed E-state index contributed by atoms with van der Waals surface area (Å²) in [5.74, 6) is -0.347. The van der Waals surface area contributed by atoms with E-state index in [-0.39, 0.29) is 16.4 Å². The van der Waals surface area contributed by atoms with Crippen molar-refractivity contribution in [2.75, 3.05) is 0 Å². The summed E-state index contributed by atoms with van der Waals surface area (Å²) in [5.41, 5.74) is 1.20. The summed E-state index contributed by atoms with van der Waals surface area (Å²) in [4.78, 5) is 28.2. The van der Waals surface area contributed by atoms with Gasteiger partial charge >= 0.3 is 6.09 Å². The molecule has 2 heterocycles. The maximum absolute atomic E-state index is 12.7. The van der Waals surface area contributed by atoms with Crippen LogP contribution in [0, 0.1) is 0 Å². The van der Waals surface area contributed by atoms with Gasteiger partial charge in [-0.3, -0.25) is 9.36 Å². The summed E-state index contributed by atoms with van der Waals surface area (Å²) in [6.45, 7) is 1.83. The number of fused-ring (bicyclic) bond motifs is 1. The first-order valence-electron chi connectivity index (χ1n) is 7.04. The van der Waals surface area contributed by atoms with Crippen LogP contribution in [0.2, 0.25) is 0 Å². The second-order valence-corrected chi connectivity index (χ2v) is 5.90. The van der Waals surface area contributed by atoms with Gasteiger partial charge in [-0.25, -0.2) is 9.78 Å². The third-order valence-corrected chi connectivity index (χ3v) is 4.47. The van der Waals surface area contributed by atoms with Gasteiger partial charge in [0.15, 0.2) is 5.01 Å². The number of aliphatic hydroxyl groups is 1. The maximum atomic E-state index is 12.7. The lowest BCUT2D eigenvalue weighted by Crippen LogP contribution is -2.06. The standard InChI is InChI=1S/C16H14N2O4S/c1-2-13(19)11-8-23-15(17-11)14(20)10-7-18(16(21)22)12-6-4-3-5-9(10)12/h3-8,13,19H,2H2,1H3,(H,21,22). The summed E-state index contributed by atoms with van der Waals surface area (Å²) in [6.07, 6.45) is -0.0304. The lowest BCUT2D eigenvalue weighted by molar-refractivity contribution is 0.103. The number of carbonyl (C=O) groups excluding carboxylic acids is 1. The van der Waals surface area contributed by atoms with Crippen LogP contribution < -0.4 is 0 Å². The highest BCUT2D eigenvalue weighted by atomic mass is 32.1. The van der Waals surface area contributed by atoms with Crippen LogP contribution in [0.15, 0.2) is 35.8 Å². The quantitative estimate of drug-likeness (QED) is 0.716. The third kappa shape index (κ3) is 2.64. The van der Waals surface area contributed by atoms with Crippen molar-refractivity contribution in [1.82, 2.24) is 9.55 Å². The molecule has 1 atom stereocenters. The minimum absolute atomic E-state index is 0.237. The average Bonchev–Trinajstić information content (AvgIpc) is 3.18. The number of rotatable bonds is 4. The zero-order valence-corrected chi connectivity index (χ0v) is 13.1.